The summed E-state index contributed by atoms with van der Waals surface area (Å²) in [4.78, 5) is 12.0. The van der Waals surface area contributed by atoms with Crippen molar-refractivity contribution in [3.63, 3.8) is 0 Å². The van der Waals surface area contributed by atoms with Crippen molar-refractivity contribution in [1.29, 1.82) is 0 Å². The van der Waals surface area contributed by atoms with E-state index in [0.29, 0.717) is 19.3 Å². The minimum Gasteiger partial charge on any atom is -0.423 e. The molecule has 0 aromatic heterocycles. The third kappa shape index (κ3) is 4.06. The van der Waals surface area contributed by atoms with E-state index in [0.717, 1.165) is 12.1 Å². The lowest BCUT2D eigenvalue weighted by Crippen LogP contribution is -2.40. The Balaban J connectivity index is 1.74. The maximum atomic E-state index is 13.2. The molecule has 0 atom stereocenters. The molecular formula is C17H15F2NO5S. The molecule has 2 aromatic rings. The number of hydrogen-bond acceptors (Lipinski definition) is 5. The maximum absolute atomic E-state index is 13.2. The van der Waals surface area contributed by atoms with E-state index in [1.165, 1.54) is 28.6 Å². The summed E-state index contributed by atoms with van der Waals surface area (Å²) in [6, 6.07) is 7.56. The Hall–Kier alpha value is -2.36. The number of morpholine rings is 1. The van der Waals surface area contributed by atoms with E-state index in [1.807, 2.05) is 0 Å². The number of halogens is 2. The molecule has 0 unspecified atom stereocenters. The topological polar surface area (TPSA) is 72.9 Å². The fourth-order valence-corrected chi connectivity index (χ4v) is 3.86. The summed E-state index contributed by atoms with van der Waals surface area (Å²) < 4.78 is 62.8. The summed E-state index contributed by atoms with van der Waals surface area (Å²) in [6.45, 7) is 1.20. The Bertz CT molecular complexity index is 889. The van der Waals surface area contributed by atoms with E-state index in [1.54, 1.807) is 0 Å². The Kier molecular flexibility index (Phi) is 5.30. The zero-order chi connectivity index (χ0) is 18.7. The van der Waals surface area contributed by atoms with Crippen LogP contribution in [0, 0.1) is 11.6 Å². The van der Waals surface area contributed by atoms with Gasteiger partial charge in [-0.3, -0.25) is 0 Å². The molecule has 1 aliphatic rings. The zero-order valence-electron chi connectivity index (χ0n) is 13.5. The van der Waals surface area contributed by atoms with E-state index in [4.69, 9.17) is 9.47 Å². The summed E-state index contributed by atoms with van der Waals surface area (Å²) in [6.07, 6.45) is 0. The van der Waals surface area contributed by atoms with Gasteiger partial charge in [-0.1, -0.05) is 0 Å². The highest BCUT2D eigenvalue weighted by Gasteiger charge is 2.26. The minimum absolute atomic E-state index is 0.0519. The van der Waals surface area contributed by atoms with E-state index in [9.17, 15) is 22.0 Å². The number of rotatable bonds is 4. The number of ether oxygens (including phenoxy) is 2. The molecule has 0 aliphatic carbocycles. The first-order valence-corrected chi connectivity index (χ1v) is 9.16. The summed E-state index contributed by atoms with van der Waals surface area (Å²) in [5, 5.41) is 0. The molecule has 1 heterocycles. The highest BCUT2D eigenvalue weighted by Crippen LogP contribution is 2.21. The Morgan fingerprint density at radius 3 is 2.15 bits per heavy atom. The third-order valence-electron chi connectivity index (χ3n) is 3.74. The van der Waals surface area contributed by atoms with Gasteiger partial charge in [-0.25, -0.2) is 22.0 Å². The average molecular weight is 383 g/mol. The number of carbonyl (C=O) groups is 1. The average Bonchev–Trinajstić information content (AvgIpc) is 2.62. The van der Waals surface area contributed by atoms with Crippen molar-refractivity contribution >= 4 is 16.0 Å². The van der Waals surface area contributed by atoms with E-state index < -0.39 is 27.6 Å². The molecule has 0 radical (unpaired) electrons. The van der Waals surface area contributed by atoms with Gasteiger partial charge in [-0.15, -0.1) is 0 Å². The highest BCUT2D eigenvalue weighted by atomic mass is 32.2. The smallest absolute Gasteiger partial charge is 0.343 e. The van der Waals surface area contributed by atoms with Crippen molar-refractivity contribution < 1.29 is 31.5 Å². The monoisotopic (exact) mass is 383 g/mol. The van der Waals surface area contributed by atoms with Crippen LogP contribution in [0.3, 0.4) is 0 Å². The fourth-order valence-electron chi connectivity index (χ4n) is 2.45. The number of nitrogens with zero attached hydrogens (tertiary/aromatic N) is 1. The molecule has 0 amide bonds. The molecule has 3 rings (SSSR count). The summed E-state index contributed by atoms with van der Waals surface area (Å²) in [7, 11) is -3.66. The molecule has 0 N–H and O–H groups in total. The lowest BCUT2D eigenvalue weighted by atomic mass is 10.2. The summed E-state index contributed by atoms with van der Waals surface area (Å²) >= 11 is 0. The SMILES string of the molecule is O=C(Oc1ccc(S(=O)(=O)N2CCOCC2)cc1)c1cc(F)cc(F)c1. The first-order chi connectivity index (χ1) is 12.4. The molecule has 2 aromatic carbocycles. The molecule has 1 saturated heterocycles. The summed E-state index contributed by atoms with van der Waals surface area (Å²) in [5.41, 5.74) is -0.285. The molecule has 26 heavy (non-hydrogen) atoms. The van der Waals surface area contributed by atoms with Gasteiger partial charge in [-0.05, 0) is 36.4 Å². The van der Waals surface area contributed by atoms with E-state index in [2.05, 4.69) is 0 Å². The molecule has 0 spiro atoms. The Morgan fingerprint density at radius 2 is 1.58 bits per heavy atom. The van der Waals surface area contributed by atoms with Crippen molar-refractivity contribution in [3.05, 3.63) is 59.7 Å². The van der Waals surface area contributed by atoms with Crippen LogP contribution in [0.2, 0.25) is 0 Å². The van der Waals surface area contributed by atoms with Crippen molar-refractivity contribution in [1.82, 2.24) is 4.31 Å². The second kappa shape index (κ2) is 7.48. The number of hydrogen-bond donors (Lipinski definition) is 0. The third-order valence-corrected chi connectivity index (χ3v) is 5.65. The van der Waals surface area contributed by atoms with Crippen LogP contribution in [0.5, 0.6) is 5.75 Å². The second-order valence-corrected chi connectivity index (χ2v) is 7.47. The fraction of sp³-hybridized carbons (Fsp3) is 0.235. The van der Waals surface area contributed by atoms with Gasteiger partial charge in [-0.2, -0.15) is 4.31 Å². The molecule has 0 bridgehead atoms. The molecular weight excluding hydrogens is 368 g/mol. The Labute approximate surface area is 149 Å². The van der Waals surface area contributed by atoms with Gasteiger partial charge in [0.1, 0.15) is 17.4 Å². The van der Waals surface area contributed by atoms with Gasteiger partial charge in [0.2, 0.25) is 10.0 Å². The van der Waals surface area contributed by atoms with E-state index in [-0.39, 0.29) is 29.3 Å². The molecule has 138 valence electrons. The van der Waals surface area contributed by atoms with Crippen LogP contribution >= 0.6 is 0 Å². The largest absolute Gasteiger partial charge is 0.423 e. The van der Waals surface area contributed by atoms with Crippen molar-refractivity contribution in [2.45, 2.75) is 4.90 Å². The van der Waals surface area contributed by atoms with Gasteiger partial charge in [0, 0.05) is 19.2 Å². The number of sulfonamides is 1. The van der Waals surface area contributed by atoms with Crippen LogP contribution in [0.15, 0.2) is 47.4 Å². The van der Waals surface area contributed by atoms with Gasteiger partial charge < -0.3 is 9.47 Å². The van der Waals surface area contributed by atoms with Crippen molar-refractivity contribution in [2.75, 3.05) is 26.3 Å². The summed E-state index contributed by atoms with van der Waals surface area (Å²) in [5.74, 6) is -2.69. The molecule has 0 saturated carbocycles. The molecule has 1 fully saturated rings. The standard InChI is InChI=1S/C17H15F2NO5S/c18-13-9-12(10-14(19)11-13)17(21)25-15-1-3-16(4-2-15)26(22,23)20-5-7-24-8-6-20/h1-4,9-11H,5-8H2. The predicted molar refractivity (Wildman–Crippen MR) is 87.3 cm³/mol. The van der Waals surface area contributed by atoms with Gasteiger partial charge >= 0.3 is 5.97 Å². The van der Waals surface area contributed by atoms with E-state index >= 15 is 0 Å². The van der Waals surface area contributed by atoms with Crippen LogP contribution < -0.4 is 4.74 Å². The van der Waals surface area contributed by atoms with Gasteiger partial charge in [0.15, 0.2) is 0 Å². The quantitative estimate of drug-likeness (QED) is 0.598. The lowest BCUT2D eigenvalue weighted by Gasteiger charge is -2.26. The van der Waals surface area contributed by atoms with Crippen LogP contribution in [-0.2, 0) is 14.8 Å². The first-order valence-electron chi connectivity index (χ1n) is 7.72. The van der Waals surface area contributed by atoms with Crippen LogP contribution in [0.25, 0.3) is 0 Å². The van der Waals surface area contributed by atoms with Crippen molar-refractivity contribution in [2.24, 2.45) is 0 Å². The van der Waals surface area contributed by atoms with Gasteiger partial charge in [0.25, 0.3) is 0 Å². The minimum atomic E-state index is -3.66. The van der Waals surface area contributed by atoms with Crippen LogP contribution in [0.1, 0.15) is 10.4 Å². The zero-order valence-corrected chi connectivity index (χ0v) is 14.3. The first kappa shape index (κ1) is 18.4. The molecule has 6 nitrogen and oxygen atoms in total. The predicted octanol–water partition coefficient (Wildman–Crippen LogP) is 2.20. The van der Waals surface area contributed by atoms with Crippen molar-refractivity contribution in [3.8, 4) is 5.75 Å². The molecule has 9 heteroatoms. The van der Waals surface area contributed by atoms with Crippen LogP contribution in [0.4, 0.5) is 8.78 Å². The second-order valence-electron chi connectivity index (χ2n) is 5.54. The normalized spacial score (nSPS) is 15.6. The Morgan fingerprint density at radius 1 is 1.00 bits per heavy atom. The number of esters is 1. The molecule has 1 aliphatic heterocycles. The van der Waals surface area contributed by atoms with Gasteiger partial charge in [0.05, 0.1) is 23.7 Å². The number of carbonyl (C=O) groups excluding carboxylic acids is 1. The maximum Gasteiger partial charge on any atom is 0.343 e. The number of benzene rings is 2. The van der Waals surface area contributed by atoms with Crippen LogP contribution in [-0.4, -0.2) is 45.0 Å². The lowest BCUT2D eigenvalue weighted by molar-refractivity contribution is 0.0728. The highest BCUT2D eigenvalue weighted by molar-refractivity contribution is 7.89.